The highest BCUT2D eigenvalue weighted by molar-refractivity contribution is 6.30. The molecule has 2 aromatic rings. The molecule has 25 heavy (non-hydrogen) atoms. The van der Waals surface area contributed by atoms with E-state index in [1.54, 1.807) is 0 Å². The number of benzene rings is 1. The number of rotatable bonds is 4. The first-order valence-corrected chi connectivity index (χ1v) is 8.93. The fraction of sp³-hybridized carbons (Fsp3) is 0.421. The third kappa shape index (κ3) is 4.28. The first-order chi connectivity index (χ1) is 11.9. The summed E-state index contributed by atoms with van der Waals surface area (Å²) in [7, 11) is 0. The SMILES string of the molecule is Cc1cc(N2CCN(Cc3ccc(Cl)cc3)C(=O)C2)nc(C(C)C)n1. The first-order valence-electron chi connectivity index (χ1n) is 8.55. The van der Waals surface area contributed by atoms with E-state index in [2.05, 4.69) is 23.8 Å². The van der Waals surface area contributed by atoms with Crippen LogP contribution in [-0.4, -0.2) is 40.4 Å². The molecule has 1 aromatic carbocycles. The van der Waals surface area contributed by atoms with E-state index in [1.165, 1.54) is 0 Å². The van der Waals surface area contributed by atoms with Crippen LogP contribution in [0.4, 0.5) is 5.82 Å². The lowest BCUT2D eigenvalue weighted by Crippen LogP contribution is -2.50. The molecule has 2 heterocycles. The van der Waals surface area contributed by atoms with Crippen LogP contribution in [-0.2, 0) is 11.3 Å². The Morgan fingerprint density at radius 3 is 2.52 bits per heavy atom. The lowest BCUT2D eigenvalue weighted by atomic mass is 10.2. The number of nitrogens with zero attached hydrogens (tertiary/aromatic N) is 4. The zero-order valence-electron chi connectivity index (χ0n) is 14.9. The van der Waals surface area contributed by atoms with E-state index < -0.39 is 0 Å². The van der Waals surface area contributed by atoms with Gasteiger partial charge in [-0.25, -0.2) is 9.97 Å². The van der Waals surface area contributed by atoms with Crippen molar-refractivity contribution in [1.82, 2.24) is 14.9 Å². The third-order valence-corrected chi connectivity index (χ3v) is 4.56. The maximum Gasteiger partial charge on any atom is 0.242 e. The topological polar surface area (TPSA) is 49.3 Å². The molecule has 0 radical (unpaired) electrons. The zero-order valence-corrected chi connectivity index (χ0v) is 15.6. The number of aromatic nitrogens is 2. The summed E-state index contributed by atoms with van der Waals surface area (Å²) in [4.78, 5) is 25.6. The quantitative estimate of drug-likeness (QED) is 0.840. The summed E-state index contributed by atoms with van der Waals surface area (Å²) in [5, 5.41) is 0.708. The van der Waals surface area contributed by atoms with Crippen LogP contribution < -0.4 is 4.90 Å². The second-order valence-electron chi connectivity index (χ2n) is 6.74. The smallest absolute Gasteiger partial charge is 0.242 e. The van der Waals surface area contributed by atoms with Gasteiger partial charge < -0.3 is 9.80 Å². The molecule has 1 amide bonds. The average Bonchev–Trinajstić information content (AvgIpc) is 2.58. The molecule has 5 nitrogen and oxygen atoms in total. The number of hydrogen-bond donors (Lipinski definition) is 0. The Kier molecular flexibility index (Phi) is 5.23. The summed E-state index contributed by atoms with van der Waals surface area (Å²) in [5.74, 6) is 2.05. The van der Waals surface area contributed by atoms with E-state index in [0.29, 0.717) is 24.7 Å². The summed E-state index contributed by atoms with van der Waals surface area (Å²) < 4.78 is 0. The maximum absolute atomic E-state index is 12.6. The molecule has 1 aromatic heterocycles. The molecule has 0 aliphatic carbocycles. The normalized spacial score (nSPS) is 15.2. The molecule has 1 fully saturated rings. The van der Waals surface area contributed by atoms with Gasteiger partial charge in [0, 0.05) is 42.3 Å². The lowest BCUT2D eigenvalue weighted by Gasteiger charge is -2.35. The molecule has 0 N–H and O–H groups in total. The number of piperazine rings is 1. The monoisotopic (exact) mass is 358 g/mol. The van der Waals surface area contributed by atoms with Crippen molar-refractivity contribution in [3.63, 3.8) is 0 Å². The summed E-state index contributed by atoms with van der Waals surface area (Å²) in [6.45, 7) is 8.54. The van der Waals surface area contributed by atoms with Crippen LogP contribution in [0.25, 0.3) is 0 Å². The second-order valence-corrected chi connectivity index (χ2v) is 7.18. The summed E-state index contributed by atoms with van der Waals surface area (Å²) in [6, 6.07) is 9.59. The molecule has 6 heteroatoms. The minimum absolute atomic E-state index is 0.114. The van der Waals surface area contributed by atoms with Crippen LogP contribution in [0.5, 0.6) is 0 Å². The van der Waals surface area contributed by atoms with Gasteiger partial charge in [-0.3, -0.25) is 4.79 Å². The van der Waals surface area contributed by atoms with Gasteiger partial charge in [-0.2, -0.15) is 0 Å². The van der Waals surface area contributed by atoms with Crippen LogP contribution in [0.2, 0.25) is 5.02 Å². The van der Waals surface area contributed by atoms with Crippen LogP contribution >= 0.6 is 11.6 Å². The molecule has 1 aliphatic rings. The Bertz CT molecular complexity index is 761. The van der Waals surface area contributed by atoms with Gasteiger partial charge in [0.25, 0.3) is 0 Å². The number of amides is 1. The van der Waals surface area contributed by atoms with Crippen molar-refractivity contribution >= 4 is 23.3 Å². The Labute approximate surface area is 153 Å². The summed E-state index contributed by atoms with van der Waals surface area (Å²) >= 11 is 5.92. The zero-order chi connectivity index (χ0) is 18.0. The summed E-state index contributed by atoms with van der Waals surface area (Å²) in [6.07, 6.45) is 0. The van der Waals surface area contributed by atoms with Crippen molar-refractivity contribution in [1.29, 1.82) is 0 Å². The van der Waals surface area contributed by atoms with Gasteiger partial charge in [0.15, 0.2) is 0 Å². The summed E-state index contributed by atoms with van der Waals surface area (Å²) in [5.41, 5.74) is 2.02. The maximum atomic E-state index is 12.6. The van der Waals surface area contributed by atoms with Gasteiger partial charge in [-0.15, -0.1) is 0 Å². The molecule has 0 spiro atoms. The predicted molar refractivity (Wildman–Crippen MR) is 99.9 cm³/mol. The van der Waals surface area contributed by atoms with Crippen molar-refractivity contribution in [2.75, 3.05) is 24.5 Å². The van der Waals surface area contributed by atoms with E-state index in [9.17, 15) is 4.79 Å². The minimum Gasteiger partial charge on any atom is -0.345 e. The molecule has 0 unspecified atom stereocenters. The highest BCUT2D eigenvalue weighted by Gasteiger charge is 2.25. The molecular formula is C19H23ClN4O. The third-order valence-electron chi connectivity index (χ3n) is 4.30. The molecular weight excluding hydrogens is 336 g/mol. The van der Waals surface area contributed by atoms with E-state index in [-0.39, 0.29) is 11.8 Å². The van der Waals surface area contributed by atoms with Crippen LogP contribution in [0, 0.1) is 6.92 Å². The molecule has 0 saturated carbocycles. The molecule has 0 bridgehead atoms. The van der Waals surface area contributed by atoms with Gasteiger partial charge in [0.1, 0.15) is 11.6 Å². The number of anilines is 1. The molecule has 0 atom stereocenters. The Morgan fingerprint density at radius 1 is 1.16 bits per heavy atom. The molecule has 132 valence electrons. The van der Waals surface area contributed by atoms with Crippen molar-refractivity contribution in [2.24, 2.45) is 0 Å². The predicted octanol–water partition coefficient (Wildman–Crippen LogP) is 3.41. The number of halogens is 1. The highest BCUT2D eigenvalue weighted by atomic mass is 35.5. The number of aryl methyl sites for hydroxylation is 1. The van der Waals surface area contributed by atoms with Crippen LogP contribution in [0.3, 0.4) is 0 Å². The van der Waals surface area contributed by atoms with Crippen LogP contribution in [0.1, 0.15) is 36.8 Å². The van der Waals surface area contributed by atoms with Gasteiger partial charge >= 0.3 is 0 Å². The molecule has 1 saturated heterocycles. The Morgan fingerprint density at radius 2 is 1.88 bits per heavy atom. The van der Waals surface area contributed by atoms with E-state index in [0.717, 1.165) is 29.4 Å². The largest absolute Gasteiger partial charge is 0.345 e. The van der Waals surface area contributed by atoms with E-state index in [1.807, 2.05) is 47.1 Å². The lowest BCUT2D eigenvalue weighted by molar-refractivity contribution is -0.131. The van der Waals surface area contributed by atoms with Gasteiger partial charge in [-0.1, -0.05) is 37.6 Å². The van der Waals surface area contributed by atoms with E-state index >= 15 is 0 Å². The van der Waals surface area contributed by atoms with E-state index in [4.69, 9.17) is 11.6 Å². The van der Waals surface area contributed by atoms with Crippen molar-refractivity contribution < 1.29 is 4.79 Å². The Balaban J connectivity index is 1.69. The second kappa shape index (κ2) is 7.40. The van der Waals surface area contributed by atoms with Crippen molar-refractivity contribution in [3.05, 3.63) is 52.4 Å². The molecule has 1 aliphatic heterocycles. The van der Waals surface area contributed by atoms with Crippen molar-refractivity contribution in [2.45, 2.75) is 33.2 Å². The van der Waals surface area contributed by atoms with Gasteiger partial charge in [0.05, 0.1) is 6.54 Å². The first kappa shape index (κ1) is 17.7. The fourth-order valence-corrected chi connectivity index (χ4v) is 3.00. The fourth-order valence-electron chi connectivity index (χ4n) is 2.88. The number of carbonyl (C=O) groups excluding carboxylic acids is 1. The standard InChI is InChI=1S/C19H23ClN4O/c1-13(2)19-21-14(3)10-17(22-19)23-8-9-24(18(25)12-23)11-15-4-6-16(20)7-5-15/h4-7,10,13H,8-9,11-12H2,1-3H3. The average molecular weight is 359 g/mol. The van der Waals surface area contributed by atoms with Crippen molar-refractivity contribution in [3.8, 4) is 0 Å². The van der Waals surface area contributed by atoms with Gasteiger partial charge in [-0.05, 0) is 24.6 Å². The minimum atomic E-state index is 0.114. The Hall–Kier alpha value is -2.14. The van der Waals surface area contributed by atoms with Gasteiger partial charge in [0.2, 0.25) is 5.91 Å². The molecule has 3 rings (SSSR count). The number of hydrogen-bond acceptors (Lipinski definition) is 4. The number of carbonyl (C=O) groups is 1. The highest BCUT2D eigenvalue weighted by Crippen LogP contribution is 2.20. The van der Waals surface area contributed by atoms with Crippen LogP contribution in [0.15, 0.2) is 30.3 Å².